The van der Waals surface area contributed by atoms with Crippen LogP contribution in [0.4, 0.5) is 0 Å². The molecule has 0 atom stereocenters. The highest BCUT2D eigenvalue weighted by Gasteiger charge is 2.31. The second-order valence-corrected chi connectivity index (χ2v) is 3.90. The minimum Gasteiger partial charge on any atom is -0.508 e. The van der Waals surface area contributed by atoms with Crippen LogP contribution in [0.15, 0.2) is 24.3 Å². The van der Waals surface area contributed by atoms with Crippen molar-refractivity contribution in [2.45, 2.75) is 12.1 Å². The molecule has 0 radical (unpaired) electrons. The van der Waals surface area contributed by atoms with Gasteiger partial charge in [-0.05, 0) is 6.07 Å². The summed E-state index contributed by atoms with van der Waals surface area (Å²) >= 11 is 5.99. The first-order chi connectivity index (χ1) is 6.52. The summed E-state index contributed by atoms with van der Waals surface area (Å²) in [6.45, 7) is 0. The molecule has 5 N–H and O–H groups in total. The maximum Gasteiger partial charge on any atom is 0.122 e. The number of rotatable bonds is 0. The summed E-state index contributed by atoms with van der Waals surface area (Å²) in [5.41, 5.74) is 11.9. The molecule has 0 amide bonds. The Morgan fingerprint density at radius 3 is 2.71 bits per heavy atom. The number of nitrogens with two attached hydrogens (primary N) is 2. The molecule has 0 aliphatic heterocycles. The van der Waals surface area contributed by atoms with E-state index in [2.05, 4.69) is 0 Å². The van der Waals surface area contributed by atoms with Gasteiger partial charge in [0.2, 0.25) is 0 Å². The van der Waals surface area contributed by atoms with Gasteiger partial charge in [-0.1, -0.05) is 29.8 Å². The zero-order valence-electron chi connectivity index (χ0n) is 7.50. The van der Waals surface area contributed by atoms with Crippen LogP contribution in [0.2, 0.25) is 0 Å². The number of hydrogen-bond donors (Lipinski definition) is 3. The molecule has 1 aliphatic rings. The minimum absolute atomic E-state index is 0.0961. The number of phenolic OH excluding ortho intramolecular Hbond substituents is 1. The van der Waals surface area contributed by atoms with Crippen LogP contribution in [0.3, 0.4) is 0 Å². The molecule has 1 aromatic carbocycles. The fourth-order valence-corrected chi connectivity index (χ4v) is 1.93. The molecule has 2 rings (SSSR count). The van der Waals surface area contributed by atoms with Gasteiger partial charge in [-0.3, -0.25) is 0 Å². The van der Waals surface area contributed by atoms with Gasteiger partial charge in [-0.25, -0.2) is 0 Å². The van der Waals surface area contributed by atoms with Gasteiger partial charge in [0, 0.05) is 22.6 Å². The van der Waals surface area contributed by atoms with Gasteiger partial charge in [-0.2, -0.15) is 0 Å². The lowest BCUT2D eigenvalue weighted by molar-refractivity contribution is 0.410. The Bertz CT molecular complexity index is 413. The average Bonchev–Trinajstić information content (AvgIpc) is 2.12. The lowest BCUT2D eigenvalue weighted by atomic mass is 9.87. The van der Waals surface area contributed by atoms with Crippen LogP contribution >= 0.6 is 11.6 Å². The van der Waals surface area contributed by atoms with Gasteiger partial charge in [-0.15, -0.1) is 0 Å². The Kier molecular flexibility index (Phi) is 2.03. The molecule has 0 saturated carbocycles. The molecule has 0 unspecified atom stereocenters. The SMILES string of the molecule is NC1(N)CC=C(Cl)c2cccc(O)c21. The summed E-state index contributed by atoms with van der Waals surface area (Å²) in [5.74, 6) is 0.0961. The standard InChI is InChI=1S/C10H11ClN2O/c11-7-4-5-10(12,13)9-6(7)2-1-3-8(9)14/h1-4,14H,5,12-13H2. The Morgan fingerprint density at radius 2 is 2.07 bits per heavy atom. The van der Waals surface area contributed by atoms with Crippen LogP contribution in [0, 0.1) is 0 Å². The van der Waals surface area contributed by atoms with Crippen molar-refractivity contribution in [3.63, 3.8) is 0 Å². The van der Waals surface area contributed by atoms with Gasteiger partial charge in [0.25, 0.3) is 0 Å². The quantitative estimate of drug-likeness (QED) is 0.568. The van der Waals surface area contributed by atoms with Crippen LogP contribution in [0.25, 0.3) is 5.03 Å². The molecule has 74 valence electrons. The number of aromatic hydroxyl groups is 1. The fourth-order valence-electron chi connectivity index (χ4n) is 1.70. The summed E-state index contributed by atoms with van der Waals surface area (Å²) < 4.78 is 0. The molecule has 0 spiro atoms. The van der Waals surface area contributed by atoms with E-state index in [-0.39, 0.29) is 5.75 Å². The van der Waals surface area contributed by atoms with Crippen molar-refractivity contribution in [1.29, 1.82) is 0 Å². The van der Waals surface area contributed by atoms with Crippen molar-refractivity contribution in [2.75, 3.05) is 0 Å². The first-order valence-electron chi connectivity index (χ1n) is 4.28. The predicted octanol–water partition coefficient (Wildman–Crippen LogP) is 1.45. The molecule has 0 saturated heterocycles. The number of phenols is 1. The molecule has 0 fully saturated rings. The normalized spacial score (nSPS) is 18.6. The largest absolute Gasteiger partial charge is 0.508 e. The smallest absolute Gasteiger partial charge is 0.122 e. The van der Waals surface area contributed by atoms with E-state index in [4.69, 9.17) is 23.1 Å². The topological polar surface area (TPSA) is 72.3 Å². The molecule has 4 heteroatoms. The van der Waals surface area contributed by atoms with E-state index in [0.29, 0.717) is 22.6 Å². The van der Waals surface area contributed by atoms with E-state index in [0.717, 1.165) is 0 Å². The van der Waals surface area contributed by atoms with Crippen LogP contribution < -0.4 is 11.5 Å². The van der Waals surface area contributed by atoms with E-state index in [1.54, 1.807) is 24.3 Å². The van der Waals surface area contributed by atoms with Gasteiger partial charge >= 0.3 is 0 Å². The number of hydrogen-bond acceptors (Lipinski definition) is 3. The van der Waals surface area contributed by atoms with Gasteiger partial charge in [0.15, 0.2) is 0 Å². The first kappa shape index (κ1) is 9.52. The van der Waals surface area contributed by atoms with E-state index in [1.165, 1.54) is 0 Å². The summed E-state index contributed by atoms with van der Waals surface area (Å²) in [7, 11) is 0. The molecule has 0 aromatic heterocycles. The highest BCUT2D eigenvalue weighted by molar-refractivity contribution is 6.49. The monoisotopic (exact) mass is 210 g/mol. The highest BCUT2D eigenvalue weighted by atomic mass is 35.5. The van der Waals surface area contributed by atoms with Crippen LogP contribution in [0.1, 0.15) is 17.5 Å². The molecular weight excluding hydrogens is 200 g/mol. The summed E-state index contributed by atoms with van der Waals surface area (Å²) in [6, 6.07) is 5.07. The third-order valence-electron chi connectivity index (χ3n) is 2.38. The van der Waals surface area contributed by atoms with Crippen molar-refractivity contribution >= 4 is 16.6 Å². The maximum atomic E-state index is 9.66. The fraction of sp³-hybridized carbons (Fsp3) is 0.200. The molecule has 14 heavy (non-hydrogen) atoms. The minimum atomic E-state index is -1.03. The van der Waals surface area contributed by atoms with Gasteiger partial charge in [0.1, 0.15) is 5.75 Å². The maximum absolute atomic E-state index is 9.66. The lowest BCUT2D eigenvalue weighted by Crippen LogP contribution is -2.47. The summed E-state index contributed by atoms with van der Waals surface area (Å²) in [4.78, 5) is 0. The molecule has 1 aromatic rings. The van der Waals surface area contributed by atoms with E-state index >= 15 is 0 Å². The van der Waals surface area contributed by atoms with E-state index in [1.807, 2.05) is 0 Å². The van der Waals surface area contributed by atoms with Gasteiger partial charge < -0.3 is 16.6 Å². The molecule has 0 heterocycles. The molecule has 1 aliphatic carbocycles. The Hall–Kier alpha value is -1.03. The van der Waals surface area contributed by atoms with E-state index < -0.39 is 5.66 Å². The molecule has 3 nitrogen and oxygen atoms in total. The Morgan fingerprint density at radius 1 is 1.36 bits per heavy atom. The van der Waals surface area contributed by atoms with E-state index in [9.17, 15) is 5.11 Å². The third kappa shape index (κ3) is 1.30. The lowest BCUT2D eigenvalue weighted by Gasteiger charge is -2.30. The zero-order chi connectivity index (χ0) is 10.3. The van der Waals surface area contributed by atoms with Crippen molar-refractivity contribution in [2.24, 2.45) is 11.5 Å². The summed E-state index contributed by atoms with van der Waals surface area (Å²) in [5, 5.41) is 10.2. The number of halogens is 1. The molecule has 0 bridgehead atoms. The predicted molar refractivity (Wildman–Crippen MR) is 56.6 cm³/mol. The molecular formula is C10H11ClN2O. The zero-order valence-corrected chi connectivity index (χ0v) is 8.25. The van der Waals surface area contributed by atoms with Crippen LogP contribution in [-0.2, 0) is 5.66 Å². The highest BCUT2D eigenvalue weighted by Crippen LogP contribution is 2.39. The Balaban J connectivity index is 2.72. The van der Waals surface area contributed by atoms with Crippen LogP contribution in [0.5, 0.6) is 5.75 Å². The van der Waals surface area contributed by atoms with Crippen LogP contribution in [-0.4, -0.2) is 5.11 Å². The Labute approximate surface area is 87.0 Å². The number of benzene rings is 1. The second-order valence-electron chi connectivity index (χ2n) is 3.50. The van der Waals surface area contributed by atoms with Crippen molar-refractivity contribution < 1.29 is 5.11 Å². The third-order valence-corrected chi connectivity index (χ3v) is 2.74. The first-order valence-corrected chi connectivity index (χ1v) is 4.66. The van der Waals surface area contributed by atoms with Gasteiger partial charge in [0.05, 0.1) is 5.66 Å². The van der Waals surface area contributed by atoms with Crippen molar-refractivity contribution in [3.05, 3.63) is 35.4 Å². The van der Waals surface area contributed by atoms with Crippen molar-refractivity contribution in [1.82, 2.24) is 0 Å². The number of fused-ring (bicyclic) bond motifs is 1. The second kappa shape index (κ2) is 2.98. The average molecular weight is 211 g/mol. The summed E-state index contributed by atoms with van der Waals surface area (Å²) in [6.07, 6.45) is 2.19. The van der Waals surface area contributed by atoms with Crippen molar-refractivity contribution in [3.8, 4) is 5.75 Å².